The van der Waals surface area contributed by atoms with Crippen molar-refractivity contribution in [1.82, 2.24) is 0 Å². The number of benzene rings is 2. The predicted molar refractivity (Wildman–Crippen MR) is 106 cm³/mol. The monoisotopic (exact) mass is 404 g/mol. The van der Waals surface area contributed by atoms with Gasteiger partial charge in [0.25, 0.3) is 0 Å². The van der Waals surface area contributed by atoms with Gasteiger partial charge in [-0.25, -0.2) is 0 Å². The molecule has 4 nitrogen and oxygen atoms in total. The van der Waals surface area contributed by atoms with Crippen LogP contribution < -0.4 is 4.90 Å². The van der Waals surface area contributed by atoms with Crippen molar-refractivity contribution in [3.63, 3.8) is 0 Å². The first kappa shape index (κ1) is 18.7. The van der Waals surface area contributed by atoms with E-state index in [4.69, 9.17) is 11.6 Å². The van der Waals surface area contributed by atoms with Crippen molar-refractivity contribution < 1.29 is 13.2 Å². The number of fused-ring (bicyclic) bond motifs is 3. The summed E-state index contributed by atoms with van der Waals surface area (Å²) in [6, 6.07) is 12.9. The average molecular weight is 405 g/mol. The molecule has 0 spiro atoms. The van der Waals surface area contributed by atoms with Crippen LogP contribution in [0.4, 0.5) is 18.9 Å². The second-order valence-corrected chi connectivity index (χ2v) is 6.85. The molecule has 2 heterocycles. The zero-order valence-electron chi connectivity index (χ0n) is 14.7. The lowest BCUT2D eigenvalue weighted by molar-refractivity contribution is -0.137. The molecule has 2 aromatic carbocycles. The molecule has 2 aliphatic rings. The van der Waals surface area contributed by atoms with Crippen LogP contribution in [0.25, 0.3) is 0 Å². The van der Waals surface area contributed by atoms with Crippen LogP contribution in [0, 0.1) is 0 Å². The van der Waals surface area contributed by atoms with Gasteiger partial charge in [-0.2, -0.15) is 18.3 Å². The zero-order valence-corrected chi connectivity index (χ0v) is 15.5. The highest BCUT2D eigenvalue weighted by Gasteiger charge is 2.34. The Kier molecular flexibility index (Phi) is 4.93. The number of halogens is 4. The lowest BCUT2D eigenvalue weighted by Gasteiger charge is -2.28. The van der Waals surface area contributed by atoms with Gasteiger partial charge in [-0.3, -0.25) is 4.99 Å². The number of amidine groups is 1. The van der Waals surface area contributed by atoms with Gasteiger partial charge in [-0.15, -0.1) is 16.7 Å². The quantitative estimate of drug-likeness (QED) is 0.680. The first-order valence-corrected chi connectivity index (χ1v) is 9.28. The maximum Gasteiger partial charge on any atom is 0.416 e. The van der Waals surface area contributed by atoms with Crippen LogP contribution >= 0.6 is 11.6 Å². The van der Waals surface area contributed by atoms with Crippen LogP contribution in [-0.4, -0.2) is 36.2 Å². The number of hydrogen-bond acceptors (Lipinski definition) is 4. The minimum atomic E-state index is -4.44. The van der Waals surface area contributed by atoms with Gasteiger partial charge < -0.3 is 4.90 Å². The molecule has 0 aromatic heterocycles. The van der Waals surface area contributed by atoms with Crippen molar-refractivity contribution in [2.45, 2.75) is 12.6 Å². The zero-order chi connectivity index (χ0) is 19.7. The van der Waals surface area contributed by atoms with Crippen molar-refractivity contribution >= 4 is 34.5 Å². The van der Waals surface area contributed by atoms with Gasteiger partial charge in [-0.1, -0.05) is 30.3 Å². The smallest absolute Gasteiger partial charge is 0.320 e. The van der Waals surface area contributed by atoms with Gasteiger partial charge in [0, 0.05) is 23.4 Å². The first-order valence-electron chi connectivity index (χ1n) is 8.74. The minimum Gasteiger partial charge on any atom is -0.320 e. The van der Waals surface area contributed by atoms with E-state index >= 15 is 0 Å². The molecule has 8 heteroatoms. The van der Waals surface area contributed by atoms with E-state index in [1.807, 2.05) is 35.2 Å². The second kappa shape index (κ2) is 7.39. The highest BCUT2D eigenvalue weighted by atomic mass is 35.5. The van der Waals surface area contributed by atoms with Gasteiger partial charge in [0.15, 0.2) is 5.84 Å². The predicted octanol–water partition coefficient (Wildman–Crippen LogP) is 4.76. The molecule has 0 fully saturated rings. The van der Waals surface area contributed by atoms with Crippen molar-refractivity contribution in [3.05, 3.63) is 65.2 Å². The maximum absolute atomic E-state index is 13.4. The maximum atomic E-state index is 13.4. The van der Waals surface area contributed by atoms with Crippen LogP contribution in [0.3, 0.4) is 0 Å². The Morgan fingerprint density at radius 1 is 1.04 bits per heavy atom. The van der Waals surface area contributed by atoms with E-state index in [0.29, 0.717) is 41.6 Å². The molecule has 0 saturated heterocycles. The van der Waals surface area contributed by atoms with Gasteiger partial charge in [0.05, 0.1) is 35.8 Å². The molecule has 0 atom stereocenters. The van der Waals surface area contributed by atoms with E-state index < -0.39 is 11.7 Å². The summed E-state index contributed by atoms with van der Waals surface area (Å²) < 4.78 is 40.1. The molecule has 0 amide bonds. The number of rotatable bonds is 3. The number of nitrogens with zero attached hydrogens (tertiary/aromatic N) is 4. The fraction of sp³-hybridized carbons (Fsp3) is 0.250. The molecule has 0 radical (unpaired) electrons. The minimum absolute atomic E-state index is 0.234. The standard InChI is InChI=1S/C20H16ClF3N4/c21-9-8-15-12-28-17-7-6-14(20(22,23)24)10-16(17)19(13-4-2-1-3-5-13)25-11-18(28)27-26-15/h1-7,10H,8-9,11-12H2. The third-order valence-electron chi connectivity index (χ3n) is 4.64. The second-order valence-electron chi connectivity index (χ2n) is 6.47. The molecular formula is C20H16ClF3N4. The number of aliphatic imine (C=N–C) groups is 1. The van der Waals surface area contributed by atoms with Crippen LogP contribution in [-0.2, 0) is 6.18 Å². The molecule has 0 aliphatic carbocycles. The molecule has 0 saturated carbocycles. The van der Waals surface area contributed by atoms with E-state index in [9.17, 15) is 13.2 Å². The van der Waals surface area contributed by atoms with Crippen molar-refractivity contribution in [2.75, 3.05) is 23.9 Å². The van der Waals surface area contributed by atoms with Gasteiger partial charge in [0.2, 0.25) is 0 Å². The summed E-state index contributed by atoms with van der Waals surface area (Å²) in [4.78, 5) is 6.47. The highest BCUT2D eigenvalue weighted by molar-refractivity contribution is 6.22. The Balaban J connectivity index is 1.88. The van der Waals surface area contributed by atoms with Crippen LogP contribution in [0.1, 0.15) is 23.1 Å². The SMILES string of the molecule is FC(F)(F)c1ccc2c(c1)C(c1ccccc1)=NCC1=NN=C(CCCl)CN12. The molecule has 0 bridgehead atoms. The molecule has 0 N–H and O–H groups in total. The normalized spacial score (nSPS) is 16.4. The van der Waals surface area contributed by atoms with E-state index in [2.05, 4.69) is 15.2 Å². The molecule has 4 rings (SSSR count). The molecular weight excluding hydrogens is 389 g/mol. The Hall–Kier alpha value is -2.67. The molecule has 144 valence electrons. The molecule has 2 aliphatic heterocycles. The topological polar surface area (TPSA) is 40.3 Å². The Morgan fingerprint density at radius 3 is 2.54 bits per heavy atom. The summed E-state index contributed by atoms with van der Waals surface area (Å²) in [6.07, 6.45) is -3.87. The summed E-state index contributed by atoms with van der Waals surface area (Å²) >= 11 is 5.82. The fourth-order valence-corrected chi connectivity index (χ4v) is 3.50. The van der Waals surface area contributed by atoms with E-state index in [1.165, 1.54) is 6.07 Å². The lowest BCUT2D eigenvalue weighted by atomic mass is 9.97. The van der Waals surface area contributed by atoms with Crippen molar-refractivity contribution in [2.24, 2.45) is 15.2 Å². The highest BCUT2D eigenvalue weighted by Crippen LogP contribution is 2.35. The van der Waals surface area contributed by atoms with Crippen molar-refractivity contribution in [3.8, 4) is 0 Å². The van der Waals surface area contributed by atoms with E-state index in [-0.39, 0.29) is 6.54 Å². The van der Waals surface area contributed by atoms with E-state index in [0.717, 1.165) is 23.4 Å². The Morgan fingerprint density at radius 2 is 1.82 bits per heavy atom. The fourth-order valence-electron chi connectivity index (χ4n) is 3.28. The number of anilines is 1. The average Bonchev–Trinajstić information content (AvgIpc) is 2.85. The van der Waals surface area contributed by atoms with Crippen molar-refractivity contribution in [1.29, 1.82) is 0 Å². The van der Waals surface area contributed by atoms with Crippen LogP contribution in [0.2, 0.25) is 0 Å². The molecule has 2 aromatic rings. The lowest BCUT2D eigenvalue weighted by Crippen LogP contribution is -2.39. The third-order valence-corrected chi connectivity index (χ3v) is 4.83. The number of hydrogen-bond donors (Lipinski definition) is 0. The molecule has 28 heavy (non-hydrogen) atoms. The summed E-state index contributed by atoms with van der Waals surface area (Å²) in [5.41, 5.74) is 2.41. The van der Waals surface area contributed by atoms with Crippen LogP contribution in [0.15, 0.2) is 63.7 Å². The Labute approximate surface area is 165 Å². The molecule has 0 unspecified atom stereocenters. The van der Waals surface area contributed by atoms with Gasteiger partial charge >= 0.3 is 6.18 Å². The largest absolute Gasteiger partial charge is 0.416 e. The van der Waals surface area contributed by atoms with Gasteiger partial charge in [0.1, 0.15) is 0 Å². The van der Waals surface area contributed by atoms with Gasteiger partial charge in [-0.05, 0) is 18.2 Å². The van der Waals surface area contributed by atoms with E-state index in [1.54, 1.807) is 0 Å². The third kappa shape index (κ3) is 3.54. The summed E-state index contributed by atoms with van der Waals surface area (Å²) in [5.74, 6) is 1.01. The Bertz CT molecular complexity index is 981. The summed E-state index contributed by atoms with van der Waals surface area (Å²) in [5, 5.41) is 8.45. The first-order chi connectivity index (χ1) is 13.5. The summed E-state index contributed by atoms with van der Waals surface area (Å²) in [7, 11) is 0. The number of alkyl halides is 4. The summed E-state index contributed by atoms with van der Waals surface area (Å²) in [6.45, 7) is 0.666. The van der Waals surface area contributed by atoms with Crippen LogP contribution in [0.5, 0.6) is 0 Å².